The summed E-state index contributed by atoms with van der Waals surface area (Å²) in [6.07, 6.45) is 0.901. The highest BCUT2D eigenvalue weighted by Crippen LogP contribution is 2.40. The normalized spacial score (nSPS) is 13.4. The number of anilines is 1. The van der Waals surface area contributed by atoms with Gasteiger partial charge in [0.2, 0.25) is 0 Å². The number of Topliss-reactive ketones (excluding diaryl/α,β-unsaturated/α-hetero) is 1. The van der Waals surface area contributed by atoms with Crippen LogP contribution in [0.1, 0.15) is 29.3 Å². The fourth-order valence-corrected chi connectivity index (χ4v) is 4.10. The van der Waals surface area contributed by atoms with E-state index in [0.717, 1.165) is 22.2 Å². The fraction of sp³-hybridized carbons (Fsp3) is 0.222. The number of nitrogens with zero attached hydrogens (tertiary/aromatic N) is 1. The molecule has 0 N–H and O–H groups in total. The monoisotopic (exact) mass is 451 g/mol. The number of rotatable bonds is 5. The number of carbonyl (C=O) groups excluding carboxylic acids is 2. The number of para-hydroxylation sites is 1. The Morgan fingerprint density at radius 1 is 1.12 bits per heavy atom. The molecule has 0 atom stereocenters. The van der Waals surface area contributed by atoms with Gasteiger partial charge in [0.05, 0.1) is 24.4 Å². The molecule has 0 bridgehead atoms. The third-order valence-electron chi connectivity index (χ3n) is 3.74. The van der Waals surface area contributed by atoms with Crippen molar-refractivity contribution < 1.29 is 14.3 Å². The molecule has 2 aromatic carbocycles. The minimum atomic E-state index is -0.519. The predicted molar refractivity (Wildman–Crippen MR) is 99.6 cm³/mol. The van der Waals surface area contributed by atoms with Crippen LogP contribution < -0.4 is 9.64 Å². The van der Waals surface area contributed by atoms with Crippen LogP contribution in [-0.2, 0) is 11.3 Å². The van der Waals surface area contributed by atoms with Crippen molar-refractivity contribution in [1.29, 1.82) is 0 Å². The van der Waals surface area contributed by atoms with Gasteiger partial charge < -0.3 is 4.74 Å². The summed E-state index contributed by atoms with van der Waals surface area (Å²) in [5.41, 5.74) is 1.89. The van der Waals surface area contributed by atoms with Crippen LogP contribution in [0.2, 0.25) is 0 Å². The maximum absolute atomic E-state index is 12.5. The molecule has 3 rings (SSSR count). The molecule has 0 saturated heterocycles. The Balaban J connectivity index is 1.98. The molecule has 6 heteroatoms. The summed E-state index contributed by atoms with van der Waals surface area (Å²) in [4.78, 5) is 26.3. The van der Waals surface area contributed by atoms with E-state index in [-0.39, 0.29) is 6.54 Å². The van der Waals surface area contributed by atoms with Crippen molar-refractivity contribution in [3.8, 4) is 5.75 Å². The Morgan fingerprint density at radius 3 is 2.62 bits per heavy atom. The minimum Gasteiger partial charge on any atom is -0.493 e. The summed E-state index contributed by atoms with van der Waals surface area (Å²) in [6.45, 7) is 2.94. The smallest absolute Gasteiger partial charge is 0.299 e. The maximum atomic E-state index is 12.5. The first kappa shape index (κ1) is 17.2. The zero-order chi connectivity index (χ0) is 17.3. The number of hydrogen-bond donors (Lipinski definition) is 0. The first-order valence-electron chi connectivity index (χ1n) is 7.59. The van der Waals surface area contributed by atoms with Gasteiger partial charge in [0, 0.05) is 14.5 Å². The Bertz CT molecular complexity index is 820. The van der Waals surface area contributed by atoms with E-state index in [2.05, 4.69) is 31.9 Å². The van der Waals surface area contributed by atoms with E-state index in [0.29, 0.717) is 22.3 Å². The van der Waals surface area contributed by atoms with Crippen LogP contribution in [0, 0.1) is 0 Å². The van der Waals surface area contributed by atoms with Gasteiger partial charge in [-0.25, -0.2) is 0 Å². The van der Waals surface area contributed by atoms with Crippen LogP contribution in [0.5, 0.6) is 5.75 Å². The first-order chi connectivity index (χ1) is 11.5. The van der Waals surface area contributed by atoms with Gasteiger partial charge >= 0.3 is 0 Å². The molecule has 0 aliphatic carbocycles. The summed E-state index contributed by atoms with van der Waals surface area (Å²) < 4.78 is 7.21. The van der Waals surface area contributed by atoms with Gasteiger partial charge in [-0.3, -0.25) is 14.5 Å². The molecule has 124 valence electrons. The quantitative estimate of drug-likeness (QED) is 0.616. The SMILES string of the molecule is CCCOc1ccccc1CN1C(=O)C(=O)c2cc(Br)cc(Br)c21. The zero-order valence-corrected chi connectivity index (χ0v) is 16.2. The topological polar surface area (TPSA) is 46.6 Å². The number of hydrogen-bond acceptors (Lipinski definition) is 3. The highest BCUT2D eigenvalue weighted by molar-refractivity contribution is 9.11. The molecule has 1 aliphatic heterocycles. The molecular formula is C18H15Br2NO3. The number of fused-ring (bicyclic) bond motifs is 1. The number of halogens is 2. The van der Waals surface area contributed by atoms with Crippen LogP contribution in [-0.4, -0.2) is 18.3 Å². The average molecular weight is 453 g/mol. The van der Waals surface area contributed by atoms with E-state index in [1.54, 1.807) is 6.07 Å². The lowest BCUT2D eigenvalue weighted by Gasteiger charge is -2.20. The fourth-order valence-electron chi connectivity index (χ4n) is 2.66. The van der Waals surface area contributed by atoms with E-state index in [9.17, 15) is 9.59 Å². The van der Waals surface area contributed by atoms with Crippen molar-refractivity contribution in [1.82, 2.24) is 0 Å². The van der Waals surface area contributed by atoms with Crippen LogP contribution in [0.25, 0.3) is 0 Å². The molecule has 1 heterocycles. The van der Waals surface area contributed by atoms with Gasteiger partial charge in [-0.15, -0.1) is 0 Å². The predicted octanol–water partition coefficient (Wildman–Crippen LogP) is 4.73. The molecule has 2 aromatic rings. The van der Waals surface area contributed by atoms with E-state index < -0.39 is 11.7 Å². The second-order valence-electron chi connectivity index (χ2n) is 5.46. The lowest BCUT2D eigenvalue weighted by molar-refractivity contribution is -0.114. The second-order valence-corrected chi connectivity index (χ2v) is 7.23. The number of ether oxygens (including phenoxy) is 1. The Kier molecular flexibility index (Phi) is 5.06. The third kappa shape index (κ3) is 3.13. The third-order valence-corrected chi connectivity index (χ3v) is 4.81. The van der Waals surface area contributed by atoms with Crippen molar-refractivity contribution in [2.75, 3.05) is 11.5 Å². The van der Waals surface area contributed by atoms with Crippen LogP contribution in [0.4, 0.5) is 5.69 Å². The molecule has 24 heavy (non-hydrogen) atoms. The van der Waals surface area contributed by atoms with Crippen LogP contribution in [0.15, 0.2) is 45.3 Å². The van der Waals surface area contributed by atoms with Crippen molar-refractivity contribution in [2.24, 2.45) is 0 Å². The Hall–Kier alpha value is -1.66. The van der Waals surface area contributed by atoms with Gasteiger partial charge in [-0.05, 0) is 40.5 Å². The summed E-state index contributed by atoms with van der Waals surface area (Å²) >= 11 is 6.82. The van der Waals surface area contributed by atoms with Crippen molar-refractivity contribution >= 4 is 49.2 Å². The molecule has 0 fully saturated rings. The highest BCUT2D eigenvalue weighted by atomic mass is 79.9. The van der Waals surface area contributed by atoms with Gasteiger partial charge in [0.1, 0.15) is 5.75 Å². The molecule has 0 saturated carbocycles. The molecule has 0 radical (unpaired) electrons. The molecule has 4 nitrogen and oxygen atoms in total. The summed E-state index contributed by atoms with van der Waals surface area (Å²) in [5, 5.41) is 0. The highest BCUT2D eigenvalue weighted by Gasteiger charge is 2.38. The van der Waals surface area contributed by atoms with Gasteiger partial charge in [-0.2, -0.15) is 0 Å². The number of carbonyl (C=O) groups is 2. The number of amides is 1. The molecule has 0 aromatic heterocycles. The van der Waals surface area contributed by atoms with Crippen molar-refractivity contribution in [3.05, 3.63) is 56.5 Å². The molecule has 1 aliphatic rings. The van der Waals surface area contributed by atoms with Crippen LogP contribution in [0.3, 0.4) is 0 Å². The number of ketones is 1. The number of benzene rings is 2. The van der Waals surface area contributed by atoms with Crippen molar-refractivity contribution in [2.45, 2.75) is 19.9 Å². The largest absolute Gasteiger partial charge is 0.493 e. The second kappa shape index (κ2) is 7.07. The van der Waals surface area contributed by atoms with Gasteiger partial charge in [-0.1, -0.05) is 41.1 Å². The van der Waals surface area contributed by atoms with E-state index in [4.69, 9.17) is 4.74 Å². The van der Waals surface area contributed by atoms with Gasteiger partial charge in [0.25, 0.3) is 11.7 Å². The minimum absolute atomic E-state index is 0.289. The molecule has 0 spiro atoms. The van der Waals surface area contributed by atoms with E-state index in [1.807, 2.05) is 37.3 Å². The standard InChI is InChI=1S/C18H15Br2NO3/c1-2-7-24-15-6-4-3-5-11(15)10-21-16-13(17(22)18(21)23)8-12(19)9-14(16)20/h3-6,8-9H,2,7,10H2,1H3. The van der Waals surface area contributed by atoms with Gasteiger partial charge in [0.15, 0.2) is 0 Å². The average Bonchev–Trinajstić information content (AvgIpc) is 2.79. The summed E-state index contributed by atoms with van der Waals surface area (Å²) in [6, 6.07) is 11.1. The summed E-state index contributed by atoms with van der Waals surface area (Å²) in [7, 11) is 0. The lowest BCUT2D eigenvalue weighted by atomic mass is 10.1. The lowest BCUT2D eigenvalue weighted by Crippen LogP contribution is -2.29. The first-order valence-corrected chi connectivity index (χ1v) is 9.17. The molecule has 1 amide bonds. The Labute approximate surface area is 157 Å². The maximum Gasteiger partial charge on any atom is 0.299 e. The van der Waals surface area contributed by atoms with E-state index >= 15 is 0 Å². The van der Waals surface area contributed by atoms with E-state index in [1.165, 1.54) is 4.90 Å². The van der Waals surface area contributed by atoms with Crippen molar-refractivity contribution in [3.63, 3.8) is 0 Å². The van der Waals surface area contributed by atoms with Crippen LogP contribution >= 0.6 is 31.9 Å². The zero-order valence-electron chi connectivity index (χ0n) is 13.0. The molecular weight excluding hydrogens is 438 g/mol. The summed E-state index contributed by atoms with van der Waals surface area (Å²) in [5.74, 6) is -0.269. The molecule has 0 unspecified atom stereocenters. The Morgan fingerprint density at radius 2 is 1.88 bits per heavy atom.